The summed E-state index contributed by atoms with van der Waals surface area (Å²) in [6.45, 7) is 0. The lowest BCUT2D eigenvalue weighted by atomic mass is 10.2. The predicted molar refractivity (Wildman–Crippen MR) is 52.9 cm³/mol. The maximum absolute atomic E-state index is 9.41. The highest BCUT2D eigenvalue weighted by molar-refractivity contribution is 9.10. The number of phenols is 2. The molecule has 0 aliphatic carbocycles. The Kier molecular flexibility index (Phi) is 1.73. The fourth-order valence-electron chi connectivity index (χ4n) is 1.04. The molecule has 2 rings (SSSR count). The standard InChI is InChI=1S/C8H5BrO2S/c9-5-3-12-8-4(5)1-2-6(10)7(8)11/h1-3,10-11H. The van der Waals surface area contributed by atoms with Crippen LogP contribution in [0.3, 0.4) is 0 Å². The van der Waals surface area contributed by atoms with Gasteiger partial charge in [-0.25, -0.2) is 0 Å². The Morgan fingerprint density at radius 1 is 1.25 bits per heavy atom. The Morgan fingerprint density at radius 2 is 2.00 bits per heavy atom. The van der Waals surface area contributed by atoms with Crippen molar-refractivity contribution < 1.29 is 10.2 Å². The summed E-state index contributed by atoms with van der Waals surface area (Å²) < 4.78 is 1.65. The second-order valence-corrected chi connectivity index (χ2v) is 4.13. The molecule has 1 heterocycles. The van der Waals surface area contributed by atoms with Gasteiger partial charge in [-0.15, -0.1) is 11.3 Å². The maximum Gasteiger partial charge on any atom is 0.175 e. The van der Waals surface area contributed by atoms with Crippen molar-refractivity contribution in [1.82, 2.24) is 0 Å². The fraction of sp³-hybridized carbons (Fsp3) is 0. The van der Waals surface area contributed by atoms with Crippen LogP contribution in [0.1, 0.15) is 0 Å². The molecule has 0 fully saturated rings. The van der Waals surface area contributed by atoms with Crippen LogP contribution in [0.2, 0.25) is 0 Å². The topological polar surface area (TPSA) is 40.5 Å². The monoisotopic (exact) mass is 244 g/mol. The summed E-state index contributed by atoms with van der Waals surface area (Å²) in [6.07, 6.45) is 0. The van der Waals surface area contributed by atoms with E-state index in [0.29, 0.717) is 4.70 Å². The molecule has 12 heavy (non-hydrogen) atoms. The number of hydrogen-bond donors (Lipinski definition) is 2. The summed E-state index contributed by atoms with van der Waals surface area (Å²) in [5.41, 5.74) is 0. The number of thiophene rings is 1. The van der Waals surface area contributed by atoms with Crippen molar-refractivity contribution in [2.75, 3.05) is 0 Å². The van der Waals surface area contributed by atoms with Gasteiger partial charge in [0.2, 0.25) is 0 Å². The molecule has 2 aromatic rings. The maximum atomic E-state index is 9.41. The molecule has 0 saturated heterocycles. The normalized spacial score (nSPS) is 10.8. The van der Waals surface area contributed by atoms with Gasteiger partial charge in [0.05, 0.1) is 4.70 Å². The summed E-state index contributed by atoms with van der Waals surface area (Å²) in [6, 6.07) is 3.25. The lowest BCUT2D eigenvalue weighted by Crippen LogP contribution is -1.68. The van der Waals surface area contributed by atoms with Crippen LogP contribution in [0, 0.1) is 0 Å². The lowest BCUT2D eigenvalue weighted by Gasteiger charge is -1.97. The molecule has 1 aromatic carbocycles. The van der Waals surface area contributed by atoms with Gasteiger partial charge in [0.1, 0.15) is 0 Å². The van der Waals surface area contributed by atoms with Crippen molar-refractivity contribution in [2.24, 2.45) is 0 Å². The van der Waals surface area contributed by atoms with Crippen LogP contribution in [0.5, 0.6) is 11.5 Å². The van der Waals surface area contributed by atoms with Crippen LogP contribution in [0.15, 0.2) is 22.0 Å². The van der Waals surface area contributed by atoms with E-state index >= 15 is 0 Å². The van der Waals surface area contributed by atoms with Gasteiger partial charge in [0.15, 0.2) is 11.5 Å². The van der Waals surface area contributed by atoms with Gasteiger partial charge in [0.25, 0.3) is 0 Å². The van der Waals surface area contributed by atoms with Crippen LogP contribution < -0.4 is 0 Å². The van der Waals surface area contributed by atoms with Crippen molar-refractivity contribution >= 4 is 37.4 Å². The SMILES string of the molecule is Oc1ccc2c(Br)csc2c1O. The van der Waals surface area contributed by atoms with Crippen LogP contribution in [-0.2, 0) is 0 Å². The Bertz CT molecular complexity index is 436. The fourth-order valence-corrected chi connectivity index (χ4v) is 2.65. The molecule has 2 nitrogen and oxygen atoms in total. The van der Waals surface area contributed by atoms with E-state index in [1.165, 1.54) is 17.4 Å². The minimum Gasteiger partial charge on any atom is -0.504 e. The zero-order valence-electron chi connectivity index (χ0n) is 5.91. The third-order valence-corrected chi connectivity index (χ3v) is 3.61. The van der Waals surface area contributed by atoms with Gasteiger partial charge in [-0.3, -0.25) is 0 Å². The number of hydrogen-bond acceptors (Lipinski definition) is 3. The average molecular weight is 245 g/mol. The van der Waals surface area contributed by atoms with Crippen molar-refractivity contribution in [3.05, 3.63) is 22.0 Å². The van der Waals surface area contributed by atoms with Gasteiger partial charge < -0.3 is 10.2 Å². The molecule has 0 amide bonds. The number of halogens is 1. The Balaban J connectivity index is 2.93. The van der Waals surface area contributed by atoms with E-state index in [0.717, 1.165) is 9.86 Å². The molecule has 4 heteroatoms. The summed E-state index contributed by atoms with van der Waals surface area (Å²) in [4.78, 5) is 0. The Hall–Kier alpha value is -0.740. The Morgan fingerprint density at radius 3 is 2.75 bits per heavy atom. The molecule has 0 radical (unpaired) electrons. The van der Waals surface area contributed by atoms with E-state index in [2.05, 4.69) is 15.9 Å². The first kappa shape index (κ1) is 7.89. The highest BCUT2D eigenvalue weighted by Crippen LogP contribution is 2.40. The van der Waals surface area contributed by atoms with E-state index in [4.69, 9.17) is 5.11 Å². The average Bonchev–Trinajstić information content (AvgIpc) is 2.41. The van der Waals surface area contributed by atoms with Gasteiger partial charge in [-0.05, 0) is 28.1 Å². The van der Waals surface area contributed by atoms with E-state index < -0.39 is 0 Å². The highest BCUT2D eigenvalue weighted by atomic mass is 79.9. The first-order valence-electron chi connectivity index (χ1n) is 3.28. The van der Waals surface area contributed by atoms with Crippen molar-refractivity contribution in [3.8, 4) is 11.5 Å². The summed E-state index contributed by atoms with van der Waals surface area (Å²) >= 11 is 4.74. The van der Waals surface area contributed by atoms with Crippen LogP contribution >= 0.6 is 27.3 Å². The molecule has 0 saturated carbocycles. The van der Waals surface area contributed by atoms with Gasteiger partial charge in [-0.2, -0.15) is 0 Å². The third kappa shape index (κ3) is 0.990. The minimum absolute atomic E-state index is 0.0387. The zero-order chi connectivity index (χ0) is 8.72. The van der Waals surface area contributed by atoms with Crippen molar-refractivity contribution in [3.63, 3.8) is 0 Å². The molecule has 0 unspecified atom stereocenters. The minimum atomic E-state index is -0.0724. The number of benzene rings is 1. The molecule has 2 N–H and O–H groups in total. The highest BCUT2D eigenvalue weighted by Gasteiger charge is 2.08. The summed E-state index contributed by atoms with van der Waals surface area (Å²) in [5.74, 6) is -0.111. The second kappa shape index (κ2) is 2.64. The number of phenolic OH excluding ortho intramolecular Hbond substituents is 2. The molecule has 0 aliphatic heterocycles. The number of rotatable bonds is 0. The van der Waals surface area contributed by atoms with E-state index in [1.807, 2.05) is 5.38 Å². The van der Waals surface area contributed by atoms with Crippen LogP contribution in [-0.4, -0.2) is 10.2 Å². The first-order valence-corrected chi connectivity index (χ1v) is 4.95. The number of aromatic hydroxyl groups is 2. The lowest BCUT2D eigenvalue weighted by molar-refractivity contribution is 0.409. The Labute approximate surface area is 81.2 Å². The van der Waals surface area contributed by atoms with E-state index in [-0.39, 0.29) is 11.5 Å². The van der Waals surface area contributed by atoms with E-state index in [1.54, 1.807) is 6.07 Å². The van der Waals surface area contributed by atoms with Crippen molar-refractivity contribution in [2.45, 2.75) is 0 Å². The molecule has 0 atom stereocenters. The zero-order valence-corrected chi connectivity index (χ0v) is 8.32. The van der Waals surface area contributed by atoms with Crippen LogP contribution in [0.25, 0.3) is 10.1 Å². The number of fused-ring (bicyclic) bond motifs is 1. The molecule has 0 bridgehead atoms. The summed E-state index contributed by atoms with van der Waals surface area (Å²) in [5, 5.41) is 21.4. The first-order chi connectivity index (χ1) is 5.70. The molecule has 0 aliphatic rings. The third-order valence-electron chi connectivity index (χ3n) is 1.65. The predicted octanol–water partition coefficient (Wildman–Crippen LogP) is 3.08. The molecule has 0 spiro atoms. The summed E-state index contributed by atoms with van der Waals surface area (Å²) in [7, 11) is 0. The van der Waals surface area contributed by atoms with Gasteiger partial charge in [0, 0.05) is 15.2 Å². The van der Waals surface area contributed by atoms with Crippen molar-refractivity contribution in [1.29, 1.82) is 0 Å². The van der Waals surface area contributed by atoms with Gasteiger partial charge >= 0.3 is 0 Å². The largest absolute Gasteiger partial charge is 0.504 e. The second-order valence-electron chi connectivity index (χ2n) is 2.39. The molecule has 1 aromatic heterocycles. The molecule has 62 valence electrons. The van der Waals surface area contributed by atoms with Crippen LogP contribution in [0.4, 0.5) is 0 Å². The van der Waals surface area contributed by atoms with E-state index in [9.17, 15) is 5.11 Å². The smallest absolute Gasteiger partial charge is 0.175 e. The van der Waals surface area contributed by atoms with Gasteiger partial charge in [-0.1, -0.05) is 0 Å². The molecular weight excluding hydrogens is 240 g/mol. The molecular formula is C8H5BrO2S. The quantitative estimate of drug-likeness (QED) is 0.700.